The van der Waals surface area contributed by atoms with Crippen LogP contribution in [0.5, 0.6) is 5.75 Å². The Morgan fingerprint density at radius 2 is 1.75 bits per heavy atom. The first-order chi connectivity index (χ1) is 13.5. The molecule has 1 N–H and O–H groups in total. The lowest BCUT2D eigenvalue weighted by atomic mass is 9.72. The molecule has 1 aromatic carbocycles. The molecule has 2 fully saturated rings. The predicted molar refractivity (Wildman–Crippen MR) is 115 cm³/mol. The fraction of sp³-hybridized carbons (Fsp3) is 0.682. The topological polar surface area (TPSA) is 47.0 Å². The summed E-state index contributed by atoms with van der Waals surface area (Å²) in [6, 6.07) is 4.97. The number of amides is 2. The number of anilines is 1. The van der Waals surface area contributed by atoms with E-state index in [-0.39, 0.29) is 16.8 Å². The standard InChI is InChI=1S/C22H34ClN3O2/c1-3-5-9-22(10-6-4-2)16-24(17-22)11-12-25-13-14-26(21(25)28)18-7-8-20(27)19(23)15-18/h7-8,15,27H,3-6,9-14,16-17H2,1-2H3. The van der Waals surface area contributed by atoms with Crippen molar-refractivity contribution in [2.75, 3.05) is 44.2 Å². The molecule has 156 valence electrons. The molecule has 0 saturated carbocycles. The zero-order valence-corrected chi connectivity index (χ0v) is 18.0. The van der Waals surface area contributed by atoms with Crippen LogP contribution in [-0.4, -0.2) is 60.2 Å². The third-order valence-corrected chi connectivity index (χ3v) is 6.57. The molecule has 6 heteroatoms. The lowest BCUT2D eigenvalue weighted by molar-refractivity contribution is -0.0186. The van der Waals surface area contributed by atoms with Crippen LogP contribution >= 0.6 is 11.6 Å². The zero-order chi connectivity index (χ0) is 20.1. The number of urea groups is 1. The van der Waals surface area contributed by atoms with Crippen LogP contribution in [0.3, 0.4) is 0 Å². The molecule has 2 saturated heterocycles. The number of nitrogens with zero attached hydrogens (tertiary/aromatic N) is 3. The predicted octanol–water partition coefficient (Wildman–Crippen LogP) is 4.97. The van der Waals surface area contributed by atoms with Gasteiger partial charge in [-0.2, -0.15) is 0 Å². The number of aromatic hydroxyl groups is 1. The first kappa shape index (κ1) is 21.3. The Morgan fingerprint density at radius 3 is 2.36 bits per heavy atom. The molecule has 2 amide bonds. The molecular weight excluding hydrogens is 374 g/mol. The highest BCUT2D eigenvalue weighted by molar-refractivity contribution is 6.32. The molecule has 2 aliphatic rings. The molecule has 3 rings (SSSR count). The molecule has 2 aliphatic heterocycles. The number of unbranched alkanes of at least 4 members (excludes halogenated alkanes) is 2. The fourth-order valence-electron chi connectivity index (χ4n) is 4.56. The summed E-state index contributed by atoms with van der Waals surface area (Å²) in [5, 5.41) is 9.86. The molecule has 0 spiro atoms. The summed E-state index contributed by atoms with van der Waals surface area (Å²) in [4.78, 5) is 18.9. The van der Waals surface area contributed by atoms with E-state index in [2.05, 4.69) is 18.7 Å². The van der Waals surface area contributed by atoms with Gasteiger partial charge < -0.3 is 14.9 Å². The molecule has 5 nitrogen and oxygen atoms in total. The van der Waals surface area contributed by atoms with Gasteiger partial charge in [0, 0.05) is 45.0 Å². The molecule has 0 unspecified atom stereocenters. The van der Waals surface area contributed by atoms with Crippen molar-refractivity contribution in [1.29, 1.82) is 0 Å². The van der Waals surface area contributed by atoms with Crippen LogP contribution < -0.4 is 4.90 Å². The minimum Gasteiger partial charge on any atom is -0.506 e. The van der Waals surface area contributed by atoms with Gasteiger partial charge in [-0.15, -0.1) is 0 Å². The zero-order valence-electron chi connectivity index (χ0n) is 17.3. The molecule has 28 heavy (non-hydrogen) atoms. The van der Waals surface area contributed by atoms with E-state index in [1.54, 1.807) is 23.1 Å². The van der Waals surface area contributed by atoms with E-state index in [0.717, 1.165) is 25.3 Å². The summed E-state index contributed by atoms with van der Waals surface area (Å²) in [7, 11) is 0. The average Bonchev–Trinajstić information content (AvgIpc) is 3.02. The number of phenolic OH excluding ortho intramolecular Hbond substituents is 1. The fourth-order valence-corrected chi connectivity index (χ4v) is 4.74. The van der Waals surface area contributed by atoms with E-state index in [4.69, 9.17) is 11.6 Å². The molecule has 0 atom stereocenters. The molecule has 0 aliphatic carbocycles. The molecule has 0 bridgehead atoms. The van der Waals surface area contributed by atoms with Crippen LogP contribution in [0.4, 0.5) is 10.5 Å². The van der Waals surface area contributed by atoms with Gasteiger partial charge in [-0.1, -0.05) is 51.1 Å². The van der Waals surface area contributed by atoms with Crippen LogP contribution in [0.1, 0.15) is 52.4 Å². The van der Waals surface area contributed by atoms with Crippen molar-refractivity contribution in [1.82, 2.24) is 9.80 Å². The van der Waals surface area contributed by atoms with Gasteiger partial charge in [0.15, 0.2) is 0 Å². The number of hydrogen-bond acceptors (Lipinski definition) is 3. The largest absolute Gasteiger partial charge is 0.506 e. The van der Waals surface area contributed by atoms with Gasteiger partial charge in [0.25, 0.3) is 0 Å². The summed E-state index contributed by atoms with van der Waals surface area (Å²) in [6.45, 7) is 10.1. The summed E-state index contributed by atoms with van der Waals surface area (Å²) in [5.74, 6) is 0.0429. The van der Waals surface area contributed by atoms with Gasteiger partial charge in [-0.25, -0.2) is 4.79 Å². The Labute approximate surface area is 174 Å². The number of benzene rings is 1. The van der Waals surface area contributed by atoms with Crippen LogP contribution in [0.25, 0.3) is 0 Å². The van der Waals surface area contributed by atoms with Crippen LogP contribution in [0, 0.1) is 5.41 Å². The summed E-state index contributed by atoms with van der Waals surface area (Å²) < 4.78 is 0. The van der Waals surface area contributed by atoms with Gasteiger partial charge in [-0.05, 0) is 36.5 Å². The van der Waals surface area contributed by atoms with Crippen molar-refractivity contribution in [3.8, 4) is 5.75 Å². The first-order valence-electron chi connectivity index (χ1n) is 10.8. The number of halogens is 1. The van der Waals surface area contributed by atoms with E-state index in [0.29, 0.717) is 12.0 Å². The summed E-state index contributed by atoms with van der Waals surface area (Å²) in [6.07, 6.45) is 7.88. The average molecular weight is 408 g/mol. The Hall–Kier alpha value is -1.46. The highest BCUT2D eigenvalue weighted by Gasteiger charge is 2.41. The molecule has 1 aromatic rings. The second kappa shape index (κ2) is 9.36. The Kier molecular flexibility index (Phi) is 7.10. The highest BCUT2D eigenvalue weighted by atomic mass is 35.5. The Balaban J connectivity index is 1.48. The van der Waals surface area contributed by atoms with Gasteiger partial charge in [0.2, 0.25) is 0 Å². The highest BCUT2D eigenvalue weighted by Crippen LogP contribution is 2.40. The van der Waals surface area contributed by atoms with Gasteiger partial charge in [0.1, 0.15) is 5.75 Å². The minimum atomic E-state index is 0.0329. The lowest BCUT2D eigenvalue weighted by Gasteiger charge is -2.51. The van der Waals surface area contributed by atoms with E-state index >= 15 is 0 Å². The monoisotopic (exact) mass is 407 g/mol. The number of likely N-dealkylation sites (tertiary alicyclic amines) is 1. The number of carbonyl (C=O) groups excluding carboxylic acids is 1. The SMILES string of the molecule is CCCCC1(CCCC)CN(CCN2CCN(c3ccc(O)c(Cl)c3)C2=O)C1. The third-order valence-electron chi connectivity index (χ3n) is 6.26. The molecule has 0 radical (unpaired) electrons. The maximum atomic E-state index is 12.8. The Morgan fingerprint density at radius 1 is 1.07 bits per heavy atom. The number of hydrogen-bond donors (Lipinski definition) is 1. The lowest BCUT2D eigenvalue weighted by Crippen LogP contribution is -2.57. The maximum absolute atomic E-state index is 12.8. The van der Waals surface area contributed by atoms with Crippen molar-refractivity contribution in [2.24, 2.45) is 5.41 Å². The second-order valence-electron chi connectivity index (χ2n) is 8.47. The van der Waals surface area contributed by atoms with E-state index in [1.807, 2.05) is 4.90 Å². The summed E-state index contributed by atoms with van der Waals surface area (Å²) >= 11 is 6.00. The number of carbonyl (C=O) groups is 1. The normalized spacial score (nSPS) is 19.3. The van der Waals surface area contributed by atoms with E-state index < -0.39 is 0 Å². The minimum absolute atomic E-state index is 0.0329. The van der Waals surface area contributed by atoms with E-state index in [1.165, 1.54) is 51.6 Å². The Bertz CT molecular complexity index is 666. The quantitative estimate of drug-likeness (QED) is 0.595. The van der Waals surface area contributed by atoms with Gasteiger partial charge in [-0.3, -0.25) is 4.90 Å². The van der Waals surface area contributed by atoms with Crippen molar-refractivity contribution >= 4 is 23.3 Å². The first-order valence-corrected chi connectivity index (χ1v) is 11.1. The second-order valence-corrected chi connectivity index (χ2v) is 8.88. The van der Waals surface area contributed by atoms with Crippen LogP contribution in [0.15, 0.2) is 18.2 Å². The van der Waals surface area contributed by atoms with Crippen LogP contribution in [0.2, 0.25) is 5.02 Å². The van der Waals surface area contributed by atoms with Crippen molar-refractivity contribution in [2.45, 2.75) is 52.4 Å². The smallest absolute Gasteiger partial charge is 0.324 e. The van der Waals surface area contributed by atoms with Crippen molar-refractivity contribution < 1.29 is 9.90 Å². The maximum Gasteiger partial charge on any atom is 0.324 e. The van der Waals surface area contributed by atoms with Crippen LogP contribution in [-0.2, 0) is 0 Å². The van der Waals surface area contributed by atoms with E-state index in [9.17, 15) is 9.90 Å². The van der Waals surface area contributed by atoms with Crippen molar-refractivity contribution in [3.05, 3.63) is 23.2 Å². The third kappa shape index (κ3) is 4.74. The summed E-state index contributed by atoms with van der Waals surface area (Å²) in [5.41, 5.74) is 1.27. The molecule has 0 aromatic heterocycles. The van der Waals surface area contributed by atoms with Gasteiger partial charge in [0.05, 0.1) is 5.02 Å². The number of phenols is 1. The molecule has 2 heterocycles. The van der Waals surface area contributed by atoms with Crippen molar-refractivity contribution in [3.63, 3.8) is 0 Å². The number of rotatable bonds is 10. The van der Waals surface area contributed by atoms with Gasteiger partial charge >= 0.3 is 6.03 Å². The molecular formula is C22H34ClN3O2.